The normalized spacial score (nSPS) is 10.5. The number of hydrogen-bond acceptors (Lipinski definition) is 8. The maximum Gasteiger partial charge on any atom is 0.374 e. The molecule has 0 aliphatic heterocycles. The van der Waals surface area contributed by atoms with Crippen LogP contribution < -0.4 is 14.9 Å². The highest BCUT2D eigenvalue weighted by Crippen LogP contribution is 2.24. The highest BCUT2D eigenvalue weighted by Gasteiger charge is 2.16. The average molecular weight is 399 g/mol. The second-order valence-electron chi connectivity index (χ2n) is 5.77. The van der Waals surface area contributed by atoms with Crippen molar-refractivity contribution in [2.75, 3.05) is 19.8 Å². The van der Waals surface area contributed by atoms with E-state index in [0.717, 1.165) is 6.07 Å². The molecular formula is C20H17NO8. The molecule has 1 aromatic heterocycles. The first-order valence-electron chi connectivity index (χ1n) is 8.73. The third kappa shape index (κ3) is 4.70. The maximum atomic E-state index is 12.4. The summed E-state index contributed by atoms with van der Waals surface area (Å²) in [7, 11) is 0. The van der Waals surface area contributed by atoms with Crippen LogP contribution >= 0.6 is 0 Å². The lowest BCUT2D eigenvalue weighted by molar-refractivity contribution is -0.384. The number of carbonyl (C=O) groups is 1. The molecule has 0 bridgehead atoms. The van der Waals surface area contributed by atoms with Gasteiger partial charge in [-0.25, -0.2) is 4.79 Å². The van der Waals surface area contributed by atoms with Gasteiger partial charge in [0.25, 0.3) is 5.69 Å². The Labute approximate surface area is 164 Å². The largest absolute Gasteiger partial charge is 0.490 e. The standard InChI is InChI=1S/C20H17NO8/c1-2-26-20(23)18-12-15(22)19-16(4-3-5-17(19)29-18)28-11-10-27-14-8-6-13(7-9-14)21(24)25/h3-9,12H,2,10-11H2,1H3. The molecule has 0 saturated heterocycles. The van der Waals surface area contributed by atoms with Crippen LogP contribution in [-0.2, 0) is 4.74 Å². The van der Waals surface area contributed by atoms with Gasteiger partial charge in [-0.15, -0.1) is 0 Å². The maximum absolute atomic E-state index is 12.4. The molecule has 0 spiro atoms. The van der Waals surface area contributed by atoms with Crippen LogP contribution in [0.2, 0.25) is 0 Å². The van der Waals surface area contributed by atoms with Crippen LogP contribution in [0.15, 0.2) is 57.7 Å². The summed E-state index contributed by atoms with van der Waals surface area (Å²) in [6, 6.07) is 11.5. The first kappa shape index (κ1) is 19.9. The number of nitro benzene ring substituents is 1. The number of rotatable bonds is 8. The number of benzene rings is 2. The van der Waals surface area contributed by atoms with E-state index in [-0.39, 0.29) is 42.2 Å². The van der Waals surface area contributed by atoms with Crippen LogP contribution in [0.3, 0.4) is 0 Å². The minimum Gasteiger partial charge on any atom is -0.490 e. The van der Waals surface area contributed by atoms with Gasteiger partial charge in [-0.05, 0) is 31.2 Å². The van der Waals surface area contributed by atoms with Crippen LogP contribution in [0.1, 0.15) is 17.5 Å². The summed E-state index contributed by atoms with van der Waals surface area (Å²) in [6.45, 7) is 2.09. The fourth-order valence-corrected chi connectivity index (χ4v) is 2.58. The molecular weight excluding hydrogens is 382 g/mol. The van der Waals surface area contributed by atoms with Crippen molar-refractivity contribution in [3.63, 3.8) is 0 Å². The lowest BCUT2D eigenvalue weighted by atomic mass is 10.2. The molecule has 9 nitrogen and oxygen atoms in total. The van der Waals surface area contributed by atoms with Gasteiger partial charge in [0.15, 0.2) is 5.43 Å². The molecule has 0 N–H and O–H groups in total. The number of carbonyl (C=O) groups excluding carboxylic acids is 1. The summed E-state index contributed by atoms with van der Waals surface area (Å²) in [4.78, 5) is 34.4. The molecule has 0 aliphatic carbocycles. The van der Waals surface area contributed by atoms with E-state index in [1.165, 1.54) is 24.3 Å². The molecule has 9 heteroatoms. The fraction of sp³-hybridized carbons (Fsp3) is 0.200. The number of nitrogens with zero attached hydrogens (tertiary/aromatic N) is 1. The van der Waals surface area contributed by atoms with Crippen molar-refractivity contribution < 1.29 is 28.3 Å². The van der Waals surface area contributed by atoms with E-state index < -0.39 is 16.3 Å². The zero-order chi connectivity index (χ0) is 20.8. The molecule has 0 fully saturated rings. The van der Waals surface area contributed by atoms with E-state index in [2.05, 4.69) is 0 Å². The van der Waals surface area contributed by atoms with E-state index in [1.54, 1.807) is 25.1 Å². The average Bonchev–Trinajstić information content (AvgIpc) is 2.71. The van der Waals surface area contributed by atoms with Crippen LogP contribution in [0.25, 0.3) is 11.0 Å². The van der Waals surface area contributed by atoms with E-state index in [0.29, 0.717) is 11.5 Å². The van der Waals surface area contributed by atoms with Crippen molar-refractivity contribution in [2.45, 2.75) is 6.92 Å². The van der Waals surface area contributed by atoms with Crippen LogP contribution in [0, 0.1) is 10.1 Å². The molecule has 3 aromatic rings. The lowest BCUT2D eigenvalue weighted by Gasteiger charge is -2.10. The quantitative estimate of drug-likeness (QED) is 0.245. The topological polar surface area (TPSA) is 118 Å². The number of esters is 1. The highest BCUT2D eigenvalue weighted by molar-refractivity contribution is 5.90. The van der Waals surface area contributed by atoms with Gasteiger partial charge in [-0.1, -0.05) is 6.07 Å². The Bertz CT molecular complexity index is 1090. The van der Waals surface area contributed by atoms with Gasteiger partial charge in [-0.2, -0.15) is 0 Å². The minimum atomic E-state index is -0.714. The lowest BCUT2D eigenvalue weighted by Crippen LogP contribution is -2.13. The summed E-state index contributed by atoms with van der Waals surface area (Å²) >= 11 is 0. The predicted octanol–water partition coefficient (Wildman–Crippen LogP) is 3.34. The minimum absolute atomic E-state index is 0.0294. The Morgan fingerprint density at radius 2 is 1.83 bits per heavy atom. The van der Waals surface area contributed by atoms with E-state index in [9.17, 15) is 19.7 Å². The molecule has 0 atom stereocenters. The Hall–Kier alpha value is -3.88. The second-order valence-corrected chi connectivity index (χ2v) is 5.77. The number of non-ortho nitro benzene ring substituents is 1. The molecule has 0 saturated carbocycles. The highest BCUT2D eigenvalue weighted by atomic mass is 16.6. The number of hydrogen-bond donors (Lipinski definition) is 0. The molecule has 29 heavy (non-hydrogen) atoms. The number of nitro groups is 1. The van der Waals surface area contributed by atoms with Crippen molar-refractivity contribution in [1.82, 2.24) is 0 Å². The molecule has 150 valence electrons. The molecule has 3 rings (SSSR count). The van der Waals surface area contributed by atoms with Crippen molar-refractivity contribution >= 4 is 22.6 Å². The molecule has 0 unspecified atom stereocenters. The van der Waals surface area contributed by atoms with Crippen LogP contribution in [0.5, 0.6) is 11.5 Å². The van der Waals surface area contributed by atoms with Gasteiger partial charge in [0.2, 0.25) is 5.76 Å². The molecule has 0 aliphatic rings. The monoisotopic (exact) mass is 399 g/mol. The summed E-state index contributed by atoms with van der Waals surface area (Å²) in [5.41, 5.74) is -0.256. The Kier molecular flexibility index (Phi) is 6.08. The number of ether oxygens (including phenoxy) is 3. The van der Waals surface area contributed by atoms with Crippen LogP contribution in [0.4, 0.5) is 5.69 Å². The van der Waals surface area contributed by atoms with Crippen molar-refractivity contribution in [3.8, 4) is 11.5 Å². The number of fused-ring (bicyclic) bond motifs is 1. The summed E-state index contributed by atoms with van der Waals surface area (Å²) in [6.07, 6.45) is 0. The predicted molar refractivity (Wildman–Crippen MR) is 103 cm³/mol. The van der Waals surface area contributed by atoms with Gasteiger partial charge in [0, 0.05) is 18.2 Å². The Balaban J connectivity index is 1.68. The Morgan fingerprint density at radius 1 is 1.10 bits per heavy atom. The van der Waals surface area contributed by atoms with E-state index >= 15 is 0 Å². The van der Waals surface area contributed by atoms with E-state index in [1.807, 2.05) is 0 Å². The summed E-state index contributed by atoms with van der Waals surface area (Å²) in [5.74, 6) is -0.146. The van der Waals surface area contributed by atoms with Crippen molar-refractivity contribution in [3.05, 3.63) is 74.6 Å². The smallest absolute Gasteiger partial charge is 0.374 e. The van der Waals surface area contributed by atoms with Crippen molar-refractivity contribution in [1.29, 1.82) is 0 Å². The first-order valence-corrected chi connectivity index (χ1v) is 8.73. The fourth-order valence-electron chi connectivity index (χ4n) is 2.58. The zero-order valence-corrected chi connectivity index (χ0v) is 15.5. The molecule has 2 aromatic carbocycles. The van der Waals surface area contributed by atoms with Gasteiger partial charge in [0.05, 0.1) is 11.5 Å². The van der Waals surface area contributed by atoms with Gasteiger partial charge in [0.1, 0.15) is 35.7 Å². The second kappa shape index (κ2) is 8.87. The third-order valence-electron chi connectivity index (χ3n) is 3.85. The Morgan fingerprint density at radius 3 is 2.52 bits per heavy atom. The summed E-state index contributed by atoms with van der Waals surface area (Å²) < 4.78 is 21.4. The first-order chi connectivity index (χ1) is 14.0. The molecule has 1 heterocycles. The molecule has 0 amide bonds. The van der Waals surface area contributed by atoms with Gasteiger partial charge < -0.3 is 18.6 Å². The third-order valence-corrected chi connectivity index (χ3v) is 3.85. The van der Waals surface area contributed by atoms with E-state index in [4.69, 9.17) is 18.6 Å². The summed E-state index contributed by atoms with van der Waals surface area (Å²) in [5, 5.41) is 10.8. The van der Waals surface area contributed by atoms with Crippen LogP contribution in [-0.4, -0.2) is 30.7 Å². The SMILES string of the molecule is CCOC(=O)c1cc(=O)c2c(OCCOc3ccc([N+](=O)[O-])cc3)cccc2o1. The molecule has 0 radical (unpaired) electrons. The zero-order valence-electron chi connectivity index (χ0n) is 15.5. The van der Waals surface area contributed by atoms with Gasteiger partial charge >= 0.3 is 5.97 Å². The van der Waals surface area contributed by atoms with Crippen molar-refractivity contribution in [2.24, 2.45) is 0 Å². The van der Waals surface area contributed by atoms with Gasteiger partial charge in [-0.3, -0.25) is 14.9 Å².